The lowest BCUT2D eigenvalue weighted by atomic mass is 9.88. The number of hydrogen-bond donors (Lipinski definition) is 2. The maximum absolute atomic E-state index is 13.9. The molecule has 8 heteroatoms. The number of carboxylic acids is 1. The van der Waals surface area contributed by atoms with Crippen molar-refractivity contribution < 1.29 is 28.6 Å². The molecule has 2 aromatic carbocycles. The summed E-state index contributed by atoms with van der Waals surface area (Å²) in [5.41, 5.74) is 1.87. The number of hydrogen-bond acceptors (Lipinski definition) is 5. The lowest BCUT2D eigenvalue weighted by molar-refractivity contribution is -0.116. The average molecular weight is 456 g/mol. The highest BCUT2D eigenvalue weighted by atomic mass is 32.1. The van der Waals surface area contributed by atoms with Crippen molar-refractivity contribution in [3.8, 4) is 22.6 Å². The smallest absolute Gasteiger partial charge is 0.346 e. The van der Waals surface area contributed by atoms with Crippen LogP contribution in [0.3, 0.4) is 0 Å². The van der Waals surface area contributed by atoms with E-state index in [2.05, 4.69) is 5.32 Å². The van der Waals surface area contributed by atoms with Gasteiger partial charge in [-0.3, -0.25) is 4.79 Å². The zero-order chi connectivity index (χ0) is 22.8. The van der Waals surface area contributed by atoms with Crippen LogP contribution in [-0.2, 0) is 4.79 Å². The van der Waals surface area contributed by atoms with Gasteiger partial charge in [-0.1, -0.05) is 31.2 Å². The van der Waals surface area contributed by atoms with Crippen LogP contribution in [0.1, 0.15) is 45.8 Å². The number of thiophene rings is 1. The zero-order valence-electron chi connectivity index (χ0n) is 17.6. The van der Waals surface area contributed by atoms with Crippen LogP contribution in [0, 0.1) is 5.82 Å². The predicted molar refractivity (Wildman–Crippen MR) is 121 cm³/mol. The van der Waals surface area contributed by atoms with E-state index < -0.39 is 17.7 Å². The second-order valence-electron chi connectivity index (χ2n) is 7.39. The Morgan fingerprint density at radius 1 is 1.28 bits per heavy atom. The number of amides is 1. The van der Waals surface area contributed by atoms with Gasteiger partial charge >= 0.3 is 5.97 Å². The van der Waals surface area contributed by atoms with E-state index in [1.165, 1.54) is 18.2 Å². The third kappa shape index (κ3) is 3.93. The first-order chi connectivity index (χ1) is 15.4. The van der Waals surface area contributed by atoms with Crippen LogP contribution in [-0.4, -0.2) is 30.7 Å². The summed E-state index contributed by atoms with van der Waals surface area (Å²) in [4.78, 5) is 25.5. The number of ether oxygens (including phenoxy) is 2. The van der Waals surface area contributed by atoms with Crippen molar-refractivity contribution in [1.82, 2.24) is 0 Å². The van der Waals surface area contributed by atoms with Crippen molar-refractivity contribution in [2.75, 3.05) is 19.0 Å². The number of rotatable bonds is 7. The Morgan fingerprint density at radius 3 is 2.75 bits per heavy atom. The number of nitrogens with one attached hydrogen (secondary N) is 1. The summed E-state index contributed by atoms with van der Waals surface area (Å²) in [6, 6.07) is 11.2. The fourth-order valence-electron chi connectivity index (χ4n) is 3.93. The summed E-state index contributed by atoms with van der Waals surface area (Å²) in [7, 11) is 1.55. The highest BCUT2D eigenvalue weighted by molar-refractivity contribution is 7.15. The second kappa shape index (κ2) is 9.00. The Hall–Kier alpha value is -3.39. The maximum atomic E-state index is 13.9. The van der Waals surface area contributed by atoms with Crippen molar-refractivity contribution in [2.45, 2.75) is 25.7 Å². The molecule has 1 aliphatic rings. The zero-order valence-corrected chi connectivity index (χ0v) is 18.4. The molecule has 2 heterocycles. The SMILES string of the molecule is CCCOc1c(OC)cccc1C1CC(=O)Nc2c1sc(C(=O)O)c2-c1cccc(F)c1. The minimum atomic E-state index is -1.13. The Labute approximate surface area is 188 Å². The normalized spacial score (nSPS) is 15.1. The molecular weight excluding hydrogens is 433 g/mol. The third-order valence-corrected chi connectivity index (χ3v) is 6.56. The number of carbonyl (C=O) groups is 2. The minimum absolute atomic E-state index is 0.0479. The van der Waals surface area contributed by atoms with Crippen LogP contribution in [0.2, 0.25) is 0 Å². The van der Waals surface area contributed by atoms with Gasteiger partial charge in [-0.25, -0.2) is 9.18 Å². The van der Waals surface area contributed by atoms with Gasteiger partial charge in [-0.2, -0.15) is 0 Å². The van der Waals surface area contributed by atoms with Gasteiger partial charge in [0.2, 0.25) is 5.91 Å². The minimum Gasteiger partial charge on any atom is -0.493 e. The molecule has 0 radical (unpaired) electrons. The number of aromatic carboxylic acids is 1. The van der Waals surface area contributed by atoms with Crippen molar-refractivity contribution in [3.05, 3.63) is 63.6 Å². The summed E-state index contributed by atoms with van der Waals surface area (Å²) in [6.07, 6.45) is 0.921. The van der Waals surface area contributed by atoms with Gasteiger partial charge < -0.3 is 19.9 Å². The molecular formula is C24H22FNO5S. The molecule has 0 saturated carbocycles. The number of halogens is 1. The summed E-state index contributed by atoms with van der Waals surface area (Å²) in [5, 5.41) is 12.7. The fraction of sp³-hybridized carbons (Fsp3) is 0.250. The first-order valence-corrected chi connectivity index (χ1v) is 11.0. The molecule has 4 rings (SSSR count). The number of carbonyl (C=O) groups excluding carboxylic acids is 1. The lowest BCUT2D eigenvalue weighted by Crippen LogP contribution is -2.23. The summed E-state index contributed by atoms with van der Waals surface area (Å²) >= 11 is 1.09. The Bertz CT molecular complexity index is 1190. The summed E-state index contributed by atoms with van der Waals surface area (Å²) in [6.45, 7) is 2.46. The van der Waals surface area contributed by atoms with Gasteiger partial charge in [0.15, 0.2) is 11.5 Å². The summed E-state index contributed by atoms with van der Waals surface area (Å²) < 4.78 is 25.4. The Balaban J connectivity index is 1.93. The van der Waals surface area contributed by atoms with Gasteiger partial charge in [0.05, 0.1) is 19.4 Å². The monoisotopic (exact) mass is 455 g/mol. The number of fused-ring (bicyclic) bond motifs is 1. The predicted octanol–water partition coefficient (Wildman–Crippen LogP) is 5.52. The number of para-hydroxylation sites is 1. The molecule has 1 amide bonds. The number of methoxy groups -OCH3 is 1. The molecule has 166 valence electrons. The van der Waals surface area contributed by atoms with E-state index in [1.807, 2.05) is 19.1 Å². The van der Waals surface area contributed by atoms with Crippen molar-refractivity contribution in [1.29, 1.82) is 0 Å². The van der Waals surface area contributed by atoms with E-state index in [4.69, 9.17) is 9.47 Å². The molecule has 0 aliphatic carbocycles. The molecule has 32 heavy (non-hydrogen) atoms. The fourth-order valence-corrected chi connectivity index (χ4v) is 5.17. The van der Waals surface area contributed by atoms with E-state index >= 15 is 0 Å². The second-order valence-corrected chi connectivity index (χ2v) is 8.45. The topological polar surface area (TPSA) is 84.9 Å². The van der Waals surface area contributed by atoms with Gasteiger partial charge in [0, 0.05) is 28.3 Å². The van der Waals surface area contributed by atoms with Crippen molar-refractivity contribution in [2.24, 2.45) is 0 Å². The van der Waals surface area contributed by atoms with Gasteiger partial charge in [0.1, 0.15) is 10.7 Å². The van der Waals surface area contributed by atoms with Crippen molar-refractivity contribution in [3.63, 3.8) is 0 Å². The molecule has 0 saturated heterocycles. The first kappa shape index (κ1) is 21.8. The van der Waals surface area contributed by atoms with E-state index in [9.17, 15) is 19.1 Å². The Morgan fingerprint density at radius 2 is 2.06 bits per heavy atom. The molecule has 3 aromatic rings. The molecule has 0 fully saturated rings. The van der Waals surface area contributed by atoms with Crippen LogP contribution in [0.25, 0.3) is 11.1 Å². The molecule has 1 aliphatic heterocycles. The summed E-state index contributed by atoms with van der Waals surface area (Å²) in [5.74, 6) is -1.21. The number of benzene rings is 2. The van der Waals surface area contributed by atoms with E-state index in [1.54, 1.807) is 19.2 Å². The number of carboxylic acid groups (broad SMARTS) is 1. The molecule has 1 aromatic heterocycles. The molecule has 0 bridgehead atoms. The van der Waals surface area contributed by atoms with Crippen molar-refractivity contribution >= 4 is 28.9 Å². The van der Waals surface area contributed by atoms with Gasteiger partial charge in [0.25, 0.3) is 0 Å². The van der Waals surface area contributed by atoms with E-state index in [0.29, 0.717) is 39.8 Å². The molecule has 2 N–H and O–H groups in total. The quantitative estimate of drug-likeness (QED) is 0.490. The first-order valence-electron chi connectivity index (χ1n) is 10.2. The largest absolute Gasteiger partial charge is 0.493 e. The van der Waals surface area contributed by atoms with Gasteiger partial charge in [-0.05, 0) is 30.2 Å². The maximum Gasteiger partial charge on any atom is 0.346 e. The number of anilines is 1. The van der Waals surface area contributed by atoms with Crippen LogP contribution >= 0.6 is 11.3 Å². The third-order valence-electron chi connectivity index (χ3n) is 5.27. The molecule has 6 nitrogen and oxygen atoms in total. The van der Waals surface area contributed by atoms with Crippen LogP contribution in [0.4, 0.5) is 10.1 Å². The van der Waals surface area contributed by atoms with Crippen LogP contribution < -0.4 is 14.8 Å². The standard InChI is InChI=1S/C24H22FNO5S/c1-3-10-31-21-15(8-5-9-17(21)30-2)16-12-18(27)26-20-19(13-6-4-7-14(25)11-13)23(24(28)29)32-22(16)20/h4-9,11,16H,3,10,12H2,1-2H3,(H,26,27)(H,28,29). The highest BCUT2D eigenvalue weighted by Gasteiger charge is 2.36. The Kier molecular flexibility index (Phi) is 6.14. The average Bonchev–Trinajstić information content (AvgIpc) is 3.16. The highest BCUT2D eigenvalue weighted by Crippen LogP contribution is 2.51. The molecule has 1 unspecified atom stereocenters. The lowest BCUT2D eigenvalue weighted by Gasteiger charge is -2.26. The van der Waals surface area contributed by atoms with E-state index in [0.717, 1.165) is 23.3 Å². The van der Waals surface area contributed by atoms with Gasteiger partial charge in [-0.15, -0.1) is 11.3 Å². The van der Waals surface area contributed by atoms with Crippen LogP contribution in [0.15, 0.2) is 42.5 Å². The van der Waals surface area contributed by atoms with Crippen LogP contribution in [0.5, 0.6) is 11.5 Å². The molecule has 1 atom stereocenters. The molecule has 0 spiro atoms. The van der Waals surface area contributed by atoms with E-state index in [-0.39, 0.29) is 17.2 Å².